The molecule has 1 saturated heterocycles. The zero-order chi connectivity index (χ0) is 50.2. The summed E-state index contributed by atoms with van der Waals surface area (Å²) < 4.78 is 68.2. The number of nitrogens with zero attached hydrogens (tertiary/aromatic N) is 9. The highest BCUT2D eigenvalue weighted by atomic mass is 32.2. The third-order valence-electron chi connectivity index (χ3n) is 10.5. The Morgan fingerprint density at radius 1 is 0.580 bits per heavy atom. The molecule has 3 heterocycles. The van der Waals surface area contributed by atoms with E-state index in [0.29, 0.717) is 48.1 Å². The number of carbonyl (C=O) groups excluding carboxylic acids is 3. The Morgan fingerprint density at radius 3 is 1.30 bits per heavy atom. The van der Waals surface area contributed by atoms with Gasteiger partial charge in [-0.3, -0.25) is 14.4 Å². The molecule has 1 aliphatic heterocycles. The molecule has 23 heteroatoms. The SMILES string of the molecule is CN(CCCS(=O)(=O)[O-])c1ccc(N=Nc2cc[n+](CCCCCC(=O)O)cc2)cc1.CN(CCCS(=O)(=O)[O-])c1ccc(N=Nc2cc[n+](CCCCCC(=O)ON3C(=O)CCC3=O)cc2)cc1. The molecule has 372 valence electrons. The van der Waals surface area contributed by atoms with Crippen molar-refractivity contribution in [3.8, 4) is 0 Å². The van der Waals surface area contributed by atoms with Gasteiger partial charge in [-0.1, -0.05) is 0 Å². The number of aromatic nitrogens is 2. The van der Waals surface area contributed by atoms with E-state index in [4.69, 9.17) is 9.94 Å². The number of azo groups is 2. The molecule has 0 atom stereocenters. The first kappa shape index (κ1) is 55.0. The lowest BCUT2D eigenvalue weighted by molar-refractivity contribution is -0.697. The summed E-state index contributed by atoms with van der Waals surface area (Å²) in [5, 5.41) is 26.1. The van der Waals surface area contributed by atoms with Gasteiger partial charge in [0, 0.05) is 113 Å². The van der Waals surface area contributed by atoms with E-state index < -0.39 is 44.0 Å². The summed E-state index contributed by atoms with van der Waals surface area (Å²) in [6.45, 7) is 2.49. The molecule has 0 bridgehead atoms. The fourth-order valence-corrected chi connectivity index (χ4v) is 7.58. The molecule has 2 aromatic carbocycles. The summed E-state index contributed by atoms with van der Waals surface area (Å²) in [4.78, 5) is 53.8. The fourth-order valence-electron chi connectivity index (χ4n) is 6.62. The third-order valence-corrected chi connectivity index (χ3v) is 12.0. The maximum atomic E-state index is 11.8. The van der Waals surface area contributed by atoms with Crippen molar-refractivity contribution in [2.75, 3.05) is 48.5 Å². The van der Waals surface area contributed by atoms with Crippen molar-refractivity contribution in [3.05, 3.63) is 97.6 Å². The summed E-state index contributed by atoms with van der Waals surface area (Å²) in [7, 11) is -4.73. The van der Waals surface area contributed by atoms with Gasteiger partial charge in [-0.05, 0) is 87.1 Å². The number of aliphatic carboxylic acids is 1. The number of pyridine rings is 2. The lowest BCUT2D eigenvalue weighted by atomic mass is 10.2. The number of amides is 2. The monoisotopic (exact) mass is 993 g/mol. The zero-order valence-corrected chi connectivity index (χ0v) is 40.4. The van der Waals surface area contributed by atoms with Gasteiger partial charge in [0.25, 0.3) is 11.8 Å². The van der Waals surface area contributed by atoms with Crippen LogP contribution in [0.15, 0.2) is 118 Å². The molecule has 2 amide bonds. The van der Waals surface area contributed by atoms with Gasteiger partial charge >= 0.3 is 11.9 Å². The van der Waals surface area contributed by atoms with Gasteiger partial charge in [0.05, 0.1) is 43.0 Å². The Hall–Kier alpha value is -6.56. The van der Waals surface area contributed by atoms with Crippen LogP contribution in [-0.2, 0) is 57.3 Å². The van der Waals surface area contributed by atoms with Gasteiger partial charge in [-0.15, -0.1) is 5.06 Å². The van der Waals surface area contributed by atoms with E-state index in [1.165, 1.54) is 0 Å². The molecule has 69 heavy (non-hydrogen) atoms. The molecule has 21 nitrogen and oxygen atoms in total. The average Bonchev–Trinajstić information content (AvgIpc) is 3.62. The normalized spacial score (nSPS) is 12.9. The summed E-state index contributed by atoms with van der Waals surface area (Å²) in [5.41, 5.74) is 4.54. The van der Waals surface area contributed by atoms with E-state index in [0.717, 1.165) is 55.8 Å². The Kier molecular flexibility index (Phi) is 22.4. The van der Waals surface area contributed by atoms with Crippen LogP contribution >= 0.6 is 0 Å². The minimum absolute atomic E-state index is 0.0821. The van der Waals surface area contributed by atoms with Crippen LogP contribution in [-0.4, -0.2) is 98.6 Å². The van der Waals surface area contributed by atoms with Crippen LogP contribution in [0.1, 0.15) is 77.0 Å². The number of aryl methyl sites for hydroxylation is 2. The number of rotatable bonds is 27. The Balaban J connectivity index is 0.000000307. The lowest BCUT2D eigenvalue weighted by Gasteiger charge is -2.19. The number of benzene rings is 2. The first-order chi connectivity index (χ1) is 32.8. The molecule has 2 aromatic heterocycles. The van der Waals surface area contributed by atoms with E-state index >= 15 is 0 Å². The molecule has 1 fully saturated rings. The maximum absolute atomic E-state index is 11.8. The van der Waals surface area contributed by atoms with E-state index in [-0.39, 0.29) is 50.0 Å². The van der Waals surface area contributed by atoms with Crippen LogP contribution in [0.3, 0.4) is 0 Å². The topological polar surface area (TPSA) is 279 Å². The number of imide groups is 1. The molecular weight excluding hydrogens is 935 g/mol. The van der Waals surface area contributed by atoms with Crippen molar-refractivity contribution in [3.63, 3.8) is 0 Å². The van der Waals surface area contributed by atoms with Crippen LogP contribution in [0.25, 0.3) is 0 Å². The van der Waals surface area contributed by atoms with Crippen molar-refractivity contribution in [1.29, 1.82) is 0 Å². The second kappa shape index (κ2) is 28.1. The first-order valence-corrected chi connectivity index (χ1v) is 25.6. The molecule has 0 spiro atoms. The van der Waals surface area contributed by atoms with Gasteiger partial charge in [-0.25, -0.2) is 30.8 Å². The molecule has 0 saturated carbocycles. The Morgan fingerprint density at radius 2 is 0.942 bits per heavy atom. The van der Waals surface area contributed by atoms with Gasteiger partial charge < -0.3 is 28.8 Å². The number of hydroxylamine groups is 2. The number of carboxylic acids is 1. The number of carboxylic acid groups (broad SMARTS) is 1. The van der Waals surface area contributed by atoms with E-state index in [2.05, 4.69) is 20.5 Å². The van der Waals surface area contributed by atoms with Gasteiger partial charge in [0.2, 0.25) is 0 Å². The molecule has 1 N–H and O–H groups in total. The van der Waals surface area contributed by atoms with Crippen LogP contribution in [0.2, 0.25) is 0 Å². The van der Waals surface area contributed by atoms with Crippen molar-refractivity contribution in [1.82, 2.24) is 5.06 Å². The summed E-state index contributed by atoms with van der Waals surface area (Å²) in [6, 6.07) is 22.1. The molecule has 4 aromatic rings. The number of hydrogen-bond donors (Lipinski definition) is 1. The smallest absolute Gasteiger partial charge is 0.333 e. The molecule has 5 rings (SSSR count). The van der Waals surface area contributed by atoms with E-state index in [1.54, 1.807) is 12.1 Å². The zero-order valence-electron chi connectivity index (χ0n) is 38.7. The third kappa shape index (κ3) is 22.4. The predicted molar refractivity (Wildman–Crippen MR) is 251 cm³/mol. The highest BCUT2D eigenvalue weighted by Gasteiger charge is 2.32. The number of carbonyl (C=O) groups is 4. The van der Waals surface area contributed by atoms with Gasteiger partial charge in [-0.2, -0.15) is 20.5 Å². The predicted octanol–water partition coefficient (Wildman–Crippen LogP) is 6.33. The summed E-state index contributed by atoms with van der Waals surface area (Å²) in [6.07, 6.45) is 13.4. The van der Waals surface area contributed by atoms with E-state index in [9.17, 15) is 45.1 Å². The van der Waals surface area contributed by atoms with Crippen LogP contribution in [0.4, 0.5) is 34.1 Å². The van der Waals surface area contributed by atoms with Crippen LogP contribution < -0.4 is 18.9 Å². The van der Waals surface area contributed by atoms with Crippen molar-refractivity contribution in [2.24, 2.45) is 20.5 Å². The van der Waals surface area contributed by atoms with Gasteiger partial charge in [0.15, 0.2) is 24.8 Å². The second-order valence-electron chi connectivity index (χ2n) is 16.2. The molecule has 0 radical (unpaired) electrons. The largest absolute Gasteiger partial charge is 0.748 e. The minimum atomic E-state index is -4.20. The van der Waals surface area contributed by atoms with Crippen molar-refractivity contribution >= 4 is 78.1 Å². The van der Waals surface area contributed by atoms with Crippen molar-refractivity contribution in [2.45, 2.75) is 90.1 Å². The Bertz CT molecular complexity index is 2550. The van der Waals surface area contributed by atoms with Crippen LogP contribution in [0.5, 0.6) is 0 Å². The number of anilines is 2. The standard InChI is InChI=1S/C25H31N5O7S.C21H28N4O5S/c1-28(15-5-19-38(34,35)36)22-9-7-20(8-10-22)26-27-21-13-17-29(18-14-21)16-4-2-3-6-25(33)37-30-23(31)11-12-24(30)32;1-24(13-5-17-31(28,29)30)20-9-7-18(8-10-20)22-23-19-11-15-25(16-12-19)14-4-2-3-6-21(26)27/h7-10,13-14,17-18H,2-6,11-12,15-16,19H2,1H3;7-12,15-16H,2-6,13-14,17H2,1H3,(H-,26,27,28,29,30). The summed E-state index contributed by atoms with van der Waals surface area (Å²) >= 11 is 0. The molecule has 1 aliphatic rings. The highest BCUT2D eigenvalue weighted by molar-refractivity contribution is 7.85. The molecule has 0 unspecified atom stereocenters. The highest BCUT2D eigenvalue weighted by Crippen LogP contribution is 2.23. The molecular formula is C46H59N9O12S2. The quantitative estimate of drug-likeness (QED) is 0.0225. The number of unbranched alkanes of at least 4 members (excludes halogenated alkanes) is 4. The van der Waals surface area contributed by atoms with Crippen LogP contribution in [0, 0.1) is 0 Å². The van der Waals surface area contributed by atoms with Crippen molar-refractivity contribution < 1.29 is 64.2 Å². The Labute approximate surface area is 402 Å². The lowest BCUT2D eigenvalue weighted by Crippen LogP contribution is -2.32. The average molecular weight is 994 g/mol. The maximum Gasteiger partial charge on any atom is 0.333 e. The molecule has 0 aliphatic carbocycles. The summed E-state index contributed by atoms with van der Waals surface area (Å²) in [5.74, 6) is -3.04. The minimum Gasteiger partial charge on any atom is -0.748 e. The van der Waals surface area contributed by atoms with Gasteiger partial charge in [0.1, 0.15) is 13.1 Å². The van der Waals surface area contributed by atoms with E-state index in [1.807, 2.05) is 118 Å². The number of hydrogen-bond acceptors (Lipinski definition) is 17. The fraction of sp³-hybridized carbons (Fsp3) is 0.435. The second-order valence-corrected chi connectivity index (χ2v) is 19.2. The first-order valence-electron chi connectivity index (χ1n) is 22.4.